The zero-order valence-corrected chi connectivity index (χ0v) is 13.9. The predicted octanol–water partition coefficient (Wildman–Crippen LogP) is 2.64. The standard InChI is InChI=1S/C16H22N4O.ClH/c1-3-21-16-15(20(2)12-7-6-10-17-11-12)18-13-8-4-5-9-14(13)19-16;/h4-5,8-9,12,17H,3,6-7,10-11H2,1-2H3;1H/t12-;/m0./s1. The van der Waals surface area contributed by atoms with Gasteiger partial charge in [-0.05, 0) is 38.4 Å². The van der Waals surface area contributed by atoms with Crippen molar-refractivity contribution in [3.63, 3.8) is 0 Å². The molecule has 1 saturated heterocycles. The summed E-state index contributed by atoms with van der Waals surface area (Å²) in [5.74, 6) is 1.47. The van der Waals surface area contributed by atoms with Crippen molar-refractivity contribution in [3.05, 3.63) is 24.3 Å². The van der Waals surface area contributed by atoms with Crippen LogP contribution in [-0.2, 0) is 0 Å². The molecule has 1 atom stereocenters. The Balaban J connectivity index is 0.00000176. The fraction of sp³-hybridized carbons (Fsp3) is 0.500. The van der Waals surface area contributed by atoms with Gasteiger partial charge in [0.05, 0.1) is 17.6 Å². The van der Waals surface area contributed by atoms with Crippen LogP contribution in [0.1, 0.15) is 19.8 Å². The average molecular weight is 323 g/mol. The minimum Gasteiger partial charge on any atom is -0.475 e. The van der Waals surface area contributed by atoms with Crippen LogP contribution in [0.4, 0.5) is 5.82 Å². The van der Waals surface area contributed by atoms with Crippen LogP contribution in [0.3, 0.4) is 0 Å². The summed E-state index contributed by atoms with van der Waals surface area (Å²) >= 11 is 0. The van der Waals surface area contributed by atoms with E-state index in [4.69, 9.17) is 9.72 Å². The maximum atomic E-state index is 5.72. The Bertz CT molecular complexity index is 616. The van der Waals surface area contributed by atoms with Gasteiger partial charge in [0.25, 0.3) is 5.88 Å². The SMILES string of the molecule is CCOc1nc2ccccc2nc1N(C)[C@H]1CCCNC1.Cl. The monoisotopic (exact) mass is 322 g/mol. The van der Waals surface area contributed by atoms with E-state index in [1.807, 2.05) is 31.2 Å². The molecule has 0 spiro atoms. The molecule has 1 aliphatic rings. The van der Waals surface area contributed by atoms with E-state index in [1.165, 1.54) is 12.8 Å². The van der Waals surface area contributed by atoms with Gasteiger partial charge in [0.15, 0.2) is 5.82 Å². The molecule has 1 aromatic heterocycles. The van der Waals surface area contributed by atoms with Crippen LogP contribution in [0.15, 0.2) is 24.3 Å². The number of anilines is 1. The first-order valence-electron chi connectivity index (χ1n) is 7.62. The largest absolute Gasteiger partial charge is 0.475 e. The summed E-state index contributed by atoms with van der Waals surface area (Å²) in [4.78, 5) is 11.6. The van der Waals surface area contributed by atoms with Gasteiger partial charge in [-0.2, -0.15) is 0 Å². The summed E-state index contributed by atoms with van der Waals surface area (Å²) in [7, 11) is 2.08. The highest BCUT2D eigenvalue weighted by Crippen LogP contribution is 2.28. The second-order valence-corrected chi connectivity index (χ2v) is 5.39. The van der Waals surface area contributed by atoms with E-state index in [9.17, 15) is 0 Å². The minimum atomic E-state index is 0. The highest BCUT2D eigenvalue weighted by atomic mass is 35.5. The maximum absolute atomic E-state index is 5.72. The number of halogens is 1. The molecule has 1 N–H and O–H groups in total. The number of para-hydroxylation sites is 2. The lowest BCUT2D eigenvalue weighted by Crippen LogP contribution is -2.44. The van der Waals surface area contributed by atoms with E-state index in [0.717, 1.165) is 29.9 Å². The van der Waals surface area contributed by atoms with Gasteiger partial charge >= 0.3 is 0 Å². The first-order valence-corrected chi connectivity index (χ1v) is 7.62. The van der Waals surface area contributed by atoms with Crippen LogP contribution >= 0.6 is 12.4 Å². The Hall–Kier alpha value is -1.59. The van der Waals surface area contributed by atoms with Gasteiger partial charge in [-0.3, -0.25) is 0 Å². The van der Waals surface area contributed by atoms with Gasteiger partial charge in [-0.15, -0.1) is 12.4 Å². The summed E-state index contributed by atoms with van der Waals surface area (Å²) in [6, 6.07) is 8.36. The quantitative estimate of drug-likeness (QED) is 0.937. The number of hydrogen-bond donors (Lipinski definition) is 1. The second-order valence-electron chi connectivity index (χ2n) is 5.39. The second kappa shape index (κ2) is 7.61. The number of benzene rings is 1. The third-order valence-corrected chi connectivity index (χ3v) is 3.96. The van der Waals surface area contributed by atoms with Gasteiger partial charge in [-0.1, -0.05) is 12.1 Å². The summed E-state index contributed by atoms with van der Waals surface area (Å²) in [6.45, 7) is 4.65. The number of nitrogens with one attached hydrogen (secondary N) is 1. The minimum absolute atomic E-state index is 0. The van der Waals surface area contributed by atoms with Crippen molar-refractivity contribution in [1.29, 1.82) is 0 Å². The molecular formula is C16H23ClN4O. The molecule has 0 amide bonds. The van der Waals surface area contributed by atoms with Crippen LogP contribution in [-0.4, -0.2) is 42.8 Å². The summed E-state index contributed by atoms with van der Waals surface area (Å²) < 4.78 is 5.72. The number of ether oxygens (including phenoxy) is 1. The number of likely N-dealkylation sites (N-methyl/N-ethyl adjacent to an activating group) is 1. The molecule has 2 aromatic rings. The molecule has 5 nitrogen and oxygen atoms in total. The summed E-state index contributed by atoms with van der Waals surface area (Å²) in [5, 5.41) is 3.44. The molecule has 1 aliphatic heterocycles. The van der Waals surface area contributed by atoms with E-state index in [-0.39, 0.29) is 12.4 Å². The topological polar surface area (TPSA) is 50.3 Å². The van der Waals surface area contributed by atoms with Gasteiger partial charge in [-0.25, -0.2) is 9.97 Å². The number of rotatable bonds is 4. The molecule has 1 aromatic carbocycles. The Morgan fingerprint density at radius 3 is 2.64 bits per heavy atom. The van der Waals surface area contributed by atoms with Crippen LogP contribution in [0.2, 0.25) is 0 Å². The van der Waals surface area contributed by atoms with Crippen molar-refractivity contribution >= 4 is 29.3 Å². The zero-order valence-electron chi connectivity index (χ0n) is 13.1. The molecule has 0 saturated carbocycles. The number of hydrogen-bond acceptors (Lipinski definition) is 5. The van der Waals surface area contributed by atoms with E-state index >= 15 is 0 Å². The average Bonchev–Trinajstić information content (AvgIpc) is 2.55. The van der Waals surface area contributed by atoms with Gasteiger partial charge < -0.3 is 15.0 Å². The first-order chi connectivity index (χ1) is 10.3. The van der Waals surface area contributed by atoms with Crippen molar-refractivity contribution in [1.82, 2.24) is 15.3 Å². The van der Waals surface area contributed by atoms with Crippen LogP contribution in [0.5, 0.6) is 5.88 Å². The fourth-order valence-electron chi connectivity index (χ4n) is 2.77. The Labute approximate surface area is 137 Å². The summed E-state index contributed by atoms with van der Waals surface area (Å²) in [6.07, 6.45) is 2.36. The Morgan fingerprint density at radius 1 is 1.27 bits per heavy atom. The zero-order chi connectivity index (χ0) is 14.7. The highest BCUT2D eigenvalue weighted by molar-refractivity contribution is 5.85. The Morgan fingerprint density at radius 2 is 2.00 bits per heavy atom. The molecule has 0 radical (unpaired) electrons. The molecule has 3 rings (SSSR count). The van der Waals surface area contributed by atoms with Crippen molar-refractivity contribution in [2.24, 2.45) is 0 Å². The van der Waals surface area contributed by atoms with E-state index < -0.39 is 0 Å². The van der Waals surface area contributed by atoms with Crippen molar-refractivity contribution in [2.45, 2.75) is 25.8 Å². The van der Waals surface area contributed by atoms with Gasteiger partial charge in [0.1, 0.15) is 0 Å². The lowest BCUT2D eigenvalue weighted by Gasteiger charge is -2.33. The molecule has 0 unspecified atom stereocenters. The van der Waals surface area contributed by atoms with Gasteiger partial charge in [0, 0.05) is 19.6 Å². The number of nitrogens with zero attached hydrogens (tertiary/aromatic N) is 3. The molecule has 22 heavy (non-hydrogen) atoms. The third kappa shape index (κ3) is 3.42. The molecule has 0 aliphatic carbocycles. The maximum Gasteiger partial charge on any atom is 0.258 e. The number of fused-ring (bicyclic) bond motifs is 1. The van der Waals surface area contributed by atoms with E-state index in [1.54, 1.807) is 0 Å². The fourth-order valence-corrected chi connectivity index (χ4v) is 2.77. The lowest BCUT2D eigenvalue weighted by atomic mass is 10.1. The van der Waals surface area contributed by atoms with Crippen LogP contribution in [0, 0.1) is 0 Å². The van der Waals surface area contributed by atoms with Crippen molar-refractivity contribution < 1.29 is 4.74 Å². The summed E-state index contributed by atoms with van der Waals surface area (Å²) in [5.41, 5.74) is 1.78. The van der Waals surface area contributed by atoms with Crippen LogP contribution in [0.25, 0.3) is 11.0 Å². The normalized spacial score (nSPS) is 17.8. The first kappa shape index (κ1) is 16.8. The molecule has 120 valence electrons. The molecule has 2 heterocycles. The highest BCUT2D eigenvalue weighted by Gasteiger charge is 2.23. The third-order valence-electron chi connectivity index (χ3n) is 3.96. The molecule has 1 fully saturated rings. The van der Waals surface area contributed by atoms with Crippen molar-refractivity contribution in [2.75, 3.05) is 31.6 Å². The number of piperidine rings is 1. The lowest BCUT2D eigenvalue weighted by molar-refractivity contribution is 0.325. The number of aromatic nitrogens is 2. The molecule has 6 heteroatoms. The van der Waals surface area contributed by atoms with Crippen molar-refractivity contribution in [3.8, 4) is 5.88 Å². The van der Waals surface area contributed by atoms with E-state index in [2.05, 4.69) is 22.2 Å². The van der Waals surface area contributed by atoms with Crippen LogP contribution < -0.4 is 15.0 Å². The molecular weight excluding hydrogens is 300 g/mol. The Kier molecular flexibility index (Phi) is 5.80. The smallest absolute Gasteiger partial charge is 0.258 e. The van der Waals surface area contributed by atoms with E-state index in [0.29, 0.717) is 18.5 Å². The molecule has 0 bridgehead atoms. The predicted molar refractivity (Wildman–Crippen MR) is 92.2 cm³/mol. The van der Waals surface area contributed by atoms with Gasteiger partial charge in [0.2, 0.25) is 0 Å².